The highest BCUT2D eigenvalue weighted by Gasteiger charge is 2.66. The van der Waals surface area contributed by atoms with Crippen LogP contribution in [0.25, 0.3) is 0 Å². The van der Waals surface area contributed by atoms with E-state index in [1.807, 2.05) is 99.0 Å². The van der Waals surface area contributed by atoms with E-state index < -0.39 is 25.9 Å². The molecule has 294 valence electrons. The van der Waals surface area contributed by atoms with E-state index in [9.17, 15) is 19.5 Å². The molecule has 5 heterocycles. The van der Waals surface area contributed by atoms with E-state index in [0.29, 0.717) is 61.8 Å². The van der Waals surface area contributed by atoms with Crippen LogP contribution in [0.5, 0.6) is 0 Å². The second-order valence-electron chi connectivity index (χ2n) is 15.9. The van der Waals surface area contributed by atoms with Crippen LogP contribution in [0.1, 0.15) is 41.6 Å². The number of aliphatic hydroxyl groups excluding tert-OH is 1. The first-order chi connectivity index (χ1) is 27.0. The molecule has 14 nitrogen and oxygen atoms in total. The van der Waals surface area contributed by atoms with Gasteiger partial charge in [0, 0.05) is 67.3 Å². The molecular formula is C41H50N8O6Si. The Morgan fingerprint density at radius 1 is 0.929 bits per heavy atom. The number of piperazine rings is 2. The van der Waals surface area contributed by atoms with Crippen molar-refractivity contribution in [1.82, 2.24) is 25.6 Å². The largest absolute Gasteiger partial charge is 0.432 e. The Morgan fingerprint density at radius 2 is 1.62 bits per heavy atom. The number of hydrogen-bond donors (Lipinski definition) is 4. The normalized spacial score (nSPS) is 24.7. The molecule has 4 aliphatic heterocycles. The molecule has 1 unspecified atom stereocenters. The number of rotatable bonds is 11. The lowest BCUT2D eigenvalue weighted by Crippen LogP contribution is -2.48. The molecule has 4 aliphatic rings. The van der Waals surface area contributed by atoms with Crippen LogP contribution in [-0.4, -0.2) is 103 Å². The first kappa shape index (κ1) is 38.1. The van der Waals surface area contributed by atoms with Crippen molar-refractivity contribution in [1.29, 1.82) is 0 Å². The summed E-state index contributed by atoms with van der Waals surface area (Å²) in [5.41, 5.74) is 3.60. The van der Waals surface area contributed by atoms with Crippen molar-refractivity contribution in [3.63, 3.8) is 0 Å². The van der Waals surface area contributed by atoms with E-state index in [-0.39, 0.29) is 55.4 Å². The average molecular weight is 779 g/mol. The third kappa shape index (κ3) is 6.86. The third-order valence-corrected chi connectivity index (χ3v) is 14.5. The fourth-order valence-corrected chi connectivity index (χ4v) is 11.9. The van der Waals surface area contributed by atoms with Gasteiger partial charge in [-0.2, -0.15) is 0 Å². The Labute approximate surface area is 327 Å². The third-order valence-electron chi connectivity index (χ3n) is 12.0. The van der Waals surface area contributed by atoms with Crippen LogP contribution in [0, 0.1) is 5.92 Å². The topological polar surface area (TPSA) is 165 Å². The molecule has 0 bridgehead atoms. The maximum absolute atomic E-state index is 15.3. The van der Waals surface area contributed by atoms with Gasteiger partial charge < -0.3 is 40.0 Å². The van der Waals surface area contributed by atoms with E-state index in [1.54, 1.807) is 19.4 Å². The van der Waals surface area contributed by atoms with Crippen molar-refractivity contribution < 1.29 is 29.0 Å². The molecule has 15 heteroatoms. The maximum Gasteiger partial charge on any atom is 0.264 e. The second-order valence-corrected chi connectivity index (χ2v) is 19.9. The van der Waals surface area contributed by atoms with Crippen LogP contribution in [0.15, 0.2) is 79.0 Å². The van der Waals surface area contributed by atoms with Gasteiger partial charge in [0.1, 0.15) is 0 Å². The summed E-state index contributed by atoms with van der Waals surface area (Å²) >= 11 is 0. The number of anilines is 3. The molecule has 0 radical (unpaired) electrons. The summed E-state index contributed by atoms with van der Waals surface area (Å²) in [5, 5.41) is 25.3. The number of ether oxygens (including phenoxy) is 1. The lowest BCUT2D eigenvalue weighted by atomic mass is 9.82. The van der Waals surface area contributed by atoms with E-state index >= 15 is 4.79 Å². The van der Waals surface area contributed by atoms with E-state index in [0.717, 1.165) is 16.8 Å². The Hall–Kier alpha value is -4.77. The molecule has 1 aromatic heterocycles. The van der Waals surface area contributed by atoms with Crippen LogP contribution in [-0.2, 0) is 37.8 Å². The van der Waals surface area contributed by atoms with Gasteiger partial charge in [0.25, 0.3) is 5.91 Å². The summed E-state index contributed by atoms with van der Waals surface area (Å²) in [5.74, 6) is -0.987. The maximum atomic E-state index is 15.3. The number of aromatic nitrogens is 3. The van der Waals surface area contributed by atoms with Gasteiger partial charge >= 0.3 is 0 Å². The molecule has 3 amide bonds. The smallest absolute Gasteiger partial charge is 0.264 e. The fraction of sp³-hybridized carbons (Fsp3) is 0.439. The van der Waals surface area contributed by atoms with E-state index in [2.05, 4.69) is 20.9 Å². The molecule has 4 N–H and O–H groups in total. The Bertz CT molecular complexity index is 2110. The molecule has 5 atom stereocenters. The van der Waals surface area contributed by atoms with Gasteiger partial charge in [0.15, 0.2) is 13.9 Å². The number of fused-ring (bicyclic) bond motifs is 2. The molecule has 3 saturated heterocycles. The zero-order valence-electron chi connectivity index (χ0n) is 32.1. The van der Waals surface area contributed by atoms with Crippen molar-refractivity contribution in [2.75, 3.05) is 60.6 Å². The van der Waals surface area contributed by atoms with Gasteiger partial charge in [-0.1, -0.05) is 54.6 Å². The molecule has 8 rings (SSSR count). The van der Waals surface area contributed by atoms with Gasteiger partial charge in [-0.25, -0.2) is 0 Å². The highest BCUT2D eigenvalue weighted by atomic mass is 28.4. The lowest BCUT2D eigenvalue weighted by Gasteiger charge is -2.33. The molecule has 3 fully saturated rings. The number of carbonyl (C=O) groups is 3. The van der Waals surface area contributed by atoms with Crippen LogP contribution < -0.4 is 25.3 Å². The van der Waals surface area contributed by atoms with Crippen LogP contribution in [0.2, 0.25) is 18.6 Å². The summed E-state index contributed by atoms with van der Waals surface area (Å²) in [7, 11) is -2.97. The minimum absolute atomic E-state index is 0.00230. The second kappa shape index (κ2) is 15.3. The Morgan fingerprint density at radius 3 is 2.29 bits per heavy atom. The highest BCUT2D eigenvalue weighted by Crippen LogP contribution is 2.60. The standard InChI is InChI=1S/C41H50N8O6Si/c1-27-39(56(2,3)54)36(14-17-46-25-34(44-45-46)32(26-50)29-9-5-4-6-10-29)55-41(27)33-21-31(48-19-16-43-23-38(48)52)12-13-35(33)49(40(41)53)24-28-8-7-11-30(20-28)47-18-15-42-22-37(47)51/h4-13,20-21,25,27,32,36,39,42-43,50,54H,14-19,22-24,26H2,1-3H3/t27-,32?,36+,39-,41+/m0/s1. The quantitative estimate of drug-likeness (QED) is 0.167. The number of carbonyl (C=O) groups excluding carboxylic acids is 3. The van der Waals surface area contributed by atoms with Crippen LogP contribution in [0.4, 0.5) is 17.1 Å². The van der Waals surface area contributed by atoms with Crippen molar-refractivity contribution >= 4 is 43.1 Å². The molecule has 0 aliphatic carbocycles. The zero-order valence-corrected chi connectivity index (χ0v) is 33.1. The van der Waals surface area contributed by atoms with Crippen molar-refractivity contribution in [3.05, 3.63) is 101 Å². The van der Waals surface area contributed by atoms with Crippen LogP contribution in [0.3, 0.4) is 0 Å². The monoisotopic (exact) mass is 778 g/mol. The molecule has 1 spiro atoms. The number of nitrogens with one attached hydrogen (secondary N) is 2. The van der Waals surface area contributed by atoms with E-state index in [1.165, 1.54) is 0 Å². The summed E-state index contributed by atoms with van der Waals surface area (Å²) in [6, 6.07) is 23.2. The molecule has 0 saturated carbocycles. The first-order valence-electron chi connectivity index (χ1n) is 19.5. The number of nitrogens with zero attached hydrogens (tertiary/aromatic N) is 6. The minimum Gasteiger partial charge on any atom is -0.432 e. The lowest BCUT2D eigenvalue weighted by molar-refractivity contribution is -0.146. The Kier molecular flexibility index (Phi) is 10.4. The predicted molar refractivity (Wildman–Crippen MR) is 214 cm³/mol. The SMILES string of the molecule is C[C@H]1[C@H]([Si](C)(C)O)[C@@H](CCn2cc(C(CO)c3ccccc3)nn2)O[C@]12C(=O)N(Cc1cccc(N3CCNCC3=O)c1)c1ccc(N3CCNCC3=O)cc12. The van der Waals surface area contributed by atoms with E-state index in [4.69, 9.17) is 4.74 Å². The average Bonchev–Trinajstić information content (AvgIpc) is 3.85. The number of aryl methyl sites for hydroxylation is 1. The van der Waals surface area contributed by atoms with Gasteiger partial charge in [-0.3, -0.25) is 19.1 Å². The first-order valence-corrected chi connectivity index (χ1v) is 22.6. The minimum atomic E-state index is -2.97. The number of aliphatic hydroxyl groups is 1. The number of amides is 3. The van der Waals surface area contributed by atoms with Gasteiger partial charge in [0.2, 0.25) is 11.8 Å². The van der Waals surface area contributed by atoms with Crippen molar-refractivity contribution in [2.45, 2.75) is 62.7 Å². The van der Waals surface area contributed by atoms with Crippen molar-refractivity contribution in [3.8, 4) is 0 Å². The molecule has 56 heavy (non-hydrogen) atoms. The van der Waals surface area contributed by atoms with Gasteiger partial charge in [-0.05, 0) is 61.0 Å². The predicted octanol–water partition coefficient (Wildman–Crippen LogP) is 2.71. The summed E-state index contributed by atoms with van der Waals surface area (Å²) in [4.78, 5) is 58.3. The highest BCUT2D eigenvalue weighted by molar-refractivity contribution is 6.71. The molecular weight excluding hydrogens is 729 g/mol. The van der Waals surface area contributed by atoms with Gasteiger partial charge in [0.05, 0.1) is 49.6 Å². The molecule has 4 aromatic rings. The summed E-state index contributed by atoms with van der Waals surface area (Å²) < 4.78 is 8.88. The summed E-state index contributed by atoms with van der Waals surface area (Å²) in [6.45, 7) is 9.29. The number of benzene rings is 3. The Balaban J connectivity index is 1.13. The van der Waals surface area contributed by atoms with Crippen LogP contribution >= 0.6 is 0 Å². The zero-order chi connectivity index (χ0) is 39.2. The number of hydrogen-bond acceptors (Lipinski definition) is 10. The molecule has 3 aromatic carbocycles. The van der Waals surface area contributed by atoms with Crippen molar-refractivity contribution in [2.24, 2.45) is 5.92 Å². The van der Waals surface area contributed by atoms with Gasteiger partial charge in [-0.15, -0.1) is 5.10 Å². The fourth-order valence-electron chi connectivity index (χ4n) is 9.32. The summed E-state index contributed by atoms with van der Waals surface area (Å²) in [6.07, 6.45) is 1.82.